The second kappa shape index (κ2) is 5.45. The van der Waals surface area contributed by atoms with Crippen LogP contribution in [-0.4, -0.2) is 10.9 Å². The quantitative estimate of drug-likeness (QED) is 0.906. The highest BCUT2D eigenvalue weighted by Gasteiger charge is 2.08. The average molecular weight is 331 g/mol. The third kappa shape index (κ3) is 3.05. The first-order chi connectivity index (χ1) is 8.56. The summed E-state index contributed by atoms with van der Waals surface area (Å²) in [5.74, 6) is -0.753. The summed E-state index contributed by atoms with van der Waals surface area (Å²) in [5, 5.41) is 4.27. The summed E-state index contributed by atoms with van der Waals surface area (Å²) >= 11 is 4.05. The molecule has 2 rings (SSSR count). The first kappa shape index (κ1) is 13.0. The highest BCUT2D eigenvalue weighted by molar-refractivity contribution is 9.10. The van der Waals surface area contributed by atoms with E-state index in [1.54, 1.807) is 5.38 Å². The molecular weight excluding hydrogens is 323 g/mol. The van der Waals surface area contributed by atoms with Crippen LogP contribution in [-0.2, 0) is 6.54 Å². The Balaban J connectivity index is 2.03. The zero-order valence-corrected chi connectivity index (χ0v) is 11.4. The van der Waals surface area contributed by atoms with Crippen molar-refractivity contribution in [2.75, 3.05) is 0 Å². The molecule has 0 spiro atoms. The van der Waals surface area contributed by atoms with E-state index in [-0.39, 0.29) is 21.8 Å². The minimum absolute atomic E-state index is 0.163. The summed E-state index contributed by atoms with van der Waals surface area (Å²) in [4.78, 5) is 25.1. The second-order valence-corrected chi connectivity index (χ2v) is 5.18. The van der Waals surface area contributed by atoms with Crippen LogP contribution >= 0.6 is 27.3 Å². The summed E-state index contributed by atoms with van der Waals surface area (Å²) in [6.45, 7) is 0.229. The monoisotopic (exact) mass is 330 g/mol. The van der Waals surface area contributed by atoms with Gasteiger partial charge < -0.3 is 10.3 Å². The Bertz CT molecular complexity index is 638. The number of nitrogens with one attached hydrogen (secondary N) is 2. The van der Waals surface area contributed by atoms with Gasteiger partial charge in [0.05, 0.1) is 11.0 Å². The van der Waals surface area contributed by atoms with Crippen LogP contribution in [0.25, 0.3) is 0 Å². The SMILES string of the molecule is O=C(NCc1csc(=O)[nH]1)c1ccc(F)c(Br)c1. The van der Waals surface area contributed by atoms with E-state index in [1.807, 2.05) is 0 Å². The summed E-state index contributed by atoms with van der Waals surface area (Å²) in [6, 6.07) is 4.01. The number of thiazole rings is 1. The smallest absolute Gasteiger partial charge is 0.304 e. The molecule has 0 fully saturated rings. The average Bonchev–Trinajstić information content (AvgIpc) is 2.75. The van der Waals surface area contributed by atoms with E-state index >= 15 is 0 Å². The van der Waals surface area contributed by atoms with E-state index in [1.165, 1.54) is 18.2 Å². The maximum atomic E-state index is 13.0. The first-order valence-corrected chi connectivity index (χ1v) is 6.63. The van der Waals surface area contributed by atoms with Crippen molar-refractivity contribution < 1.29 is 9.18 Å². The van der Waals surface area contributed by atoms with Gasteiger partial charge in [0.15, 0.2) is 0 Å². The van der Waals surface area contributed by atoms with Crippen molar-refractivity contribution in [3.8, 4) is 0 Å². The Morgan fingerprint density at radius 2 is 2.28 bits per heavy atom. The molecule has 0 atom stereocenters. The summed E-state index contributed by atoms with van der Waals surface area (Å²) in [7, 11) is 0. The van der Waals surface area contributed by atoms with Crippen molar-refractivity contribution in [3.63, 3.8) is 0 Å². The van der Waals surface area contributed by atoms with Crippen LogP contribution in [0.15, 0.2) is 32.8 Å². The Labute approximate surface area is 114 Å². The fraction of sp³-hybridized carbons (Fsp3) is 0.0909. The molecule has 0 bridgehead atoms. The van der Waals surface area contributed by atoms with Crippen LogP contribution in [0.4, 0.5) is 4.39 Å². The normalized spacial score (nSPS) is 10.3. The number of rotatable bonds is 3. The van der Waals surface area contributed by atoms with Crippen molar-refractivity contribution in [2.45, 2.75) is 6.54 Å². The predicted molar refractivity (Wildman–Crippen MR) is 70.2 cm³/mol. The molecule has 7 heteroatoms. The number of carbonyl (C=O) groups excluding carboxylic acids is 1. The standard InChI is InChI=1S/C11H8BrFN2O2S/c12-8-3-6(1-2-9(8)13)10(16)14-4-7-5-18-11(17)15-7/h1-3,5H,4H2,(H,14,16)(H,15,17). The molecule has 1 heterocycles. The lowest BCUT2D eigenvalue weighted by Crippen LogP contribution is -2.23. The van der Waals surface area contributed by atoms with Crippen molar-refractivity contribution in [1.29, 1.82) is 0 Å². The van der Waals surface area contributed by atoms with Gasteiger partial charge in [-0.2, -0.15) is 0 Å². The van der Waals surface area contributed by atoms with E-state index in [4.69, 9.17) is 0 Å². The Morgan fingerprint density at radius 3 is 2.89 bits per heavy atom. The first-order valence-electron chi connectivity index (χ1n) is 4.96. The van der Waals surface area contributed by atoms with E-state index in [9.17, 15) is 14.0 Å². The summed E-state index contributed by atoms with van der Waals surface area (Å²) in [6.07, 6.45) is 0. The molecule has 0 aliphatic heterocycles. The van der Waals surface area contributed by atoms with E-state index in [2.05, 4.69) is 26.2 Å². The molecule has 2 aromatic rings. The second-order valence-electron chi connectivity index (χ2n) is 3.48. The molecule has 2 N–H and O–H groups in total. The number of aromatic nitrogens is 1. The van der Waals surface area contributed by atoms with Gasteiger partial charge in [0.1, 0.15) is 5.82 Å². The van der Waals surface area contributed by atoms with E-state index in [0.717, 1.165) is 11.3 Å². The van der Waals surface area contributed by atoms with Gasteiger partial charge in [0.2, 0.25) is 0 Å². The topological polar surface area (TPSA) is 62.0 Å². The number of hydrogen-bond donors (Lipinski definition) is 2. The highest BCUT2D eigenvalue weighted by atomic mass is 79.9. The molecule has 0 saturated carbocycles. The van der Waals surface area contributed by atoms with E-state index in [0.29, 0.717) is 11.3 Å². The molecule has 0 aliphatic rings. The molecule has 0 unspecified atom stereocenters. The lowest BCUT2D eigenvalue weighted by atomic mass is 10.2. The Kier molecular flexibility index (Phi) is 3.93. The van der Waals surface area contributed by atoms with Gasteiger partial charge >= 0.3 is 4.87 Å². The van der Waals surface area contributed by atoms with Crippen LogP contribution in [0.2, 0.25) is 0 Å². The van der Waals surface area contributed by atoms with Gasteiger partial charge in [-0.1, -0.05) is 11.3 Å². The molecule has 0 aliphatic carbocycles. The van der Waals surface area contributed by atoms with Gasteiger partial charge in [-0.05, 0) is 34.1 Å². The molecule has 94 valence electrons. The van der Waals surface area contributed by atoms with Crippen molar-refractivity contribution >= 4 is 33.2 Å². The number of aromatic amines is 1. The summed E-state index contributed by atoms with van der Waals surface area (Å²) in [5.41, 5.74) is 0.986. The zero-order chi connectivity index (χ0) is 13.1. The molecule has 0 saturated heterocycles. The van der Waals surface area contributed by atoms with Crippen LogP contribution in [0.1, 0.15) is 16.1 Å². The molecule has 1 amide bonds. The maximum absolute atomic E-state index is 13.0. The van der Waals surface area contributed by atoms with Crippen LogP contribution in [0.3, 0.4) is 0 Å². The van der Waals surface area contributed by atoms with E-state index < -0.39 is 5.82 Å². The Morgan fingerprint density at radius 1 is 1.50 bits per heavy atom. The molecular formula is C11H8BrFN2O2S. The minimum atomic E-state index is -0.422. The number of halogens is 2. The van der Waals surface area contributed by atoms with Gasteiger partial charge in [0.25, 0.3) is 5.91 Å². The van der Waals surface area contributed by atoms with Crippen molar-refractivity contribution in [1.82, 2.24) is 10.3 Å². The number of hydrogen-bond acceptors (Lipinski definition) is 3. The van der Waals surface area contributed by atoms with Crippen LogP contribution in [0.5, 0.6) is 0 Å². The lowest BCUT2D eigenvalue weighted by Gasteiger charge is -2.04. The largest absolute Gasteiger partial charge is 0.346 e. The number of amides is 1. The predicted octanol–water partition coefficient (Wildman–Crippen LogP) is 2.27. The van der Waals surface area contributed by atoms with Gasteiger partial charge in [-0.3, -0.25) is 9.59 Å². The fourth-order valence-corrected chi connectivity index (χ4v) is 2.28. The number of benzene rings is 1. The molecule has 0 radical (unpaired) electrons. The molecule has 4 nitrogen and oxygen atoms in total. The third-order valence-corrected chi connectivity index (χ3v) is 3.52. The fourth-order valence-electron chi connectivity index (χ4n) is 1.32. The minimum Gasteiger partial charge on any atom is -0.346 e. The molecule has 1 aromatic carbocycles. The van der Waals surface area contributed by atoms with Gasteiger partial charge in [0, 0.05) is 16.6 Å². The third-order valence-electron chi connectivity index (χ3n) is 2.19. The summed E-state index contributed by atoms with van der Waals surface area (Å²) < 4.78 is 13.2. The molecule has 1 aromatic heterocycles. The molecule has 18 heavy (non-hydrogen) atoms. The van der Waals surface area contributed by atoms with Crippen molar-refractivity contribution in [2.24, 2.45) is 0 Å². The number of carbonyl (C=O) groups is 1. The Hall–Kier alpha value is -1.47. The van der Waals surface area contributed by atoms with Gasteiger partial charge in [-0.15, -0.1) is 0 Å². The van der Waals surface area contributed by atoms with Crippen LogP contribution in [0, 0.1) is 5.82 Å². The lowest BCUT2D eigenvalue weighted by molar-refractivity contribution is 0.0950. The maximum Gasteiger partial charge on any atom is 0.304 e. The zero-order valence-electron chi connectivity index (χ0n) is 9.00. The number of H-pyrrole nitrogens is 1. The highest BCUT2D eigenvalue weighted by Crippen LogP contribution is 2.16. The van der Waals surface area contributed by atoms with Gasteiger partial charge in [-0.25, -0.2) is 4.39 Å². The van der Waals surface area contributed by atoms with Crippen molar-refractivity contribution in [3.05, 3.63) is 54.8 Å². The van der Waals surface area contributed by atoms with Crippen LogP contribution < -0.4 is 10.2 Å².